The fourth-order valence-corrected chi connectivity index (χ4v) is 1.53. The first kappa shape index (κ1) is 9.52. The molecular formula is C12H13N3. The Morgan fingerprint density at radius 2 is 1.73 bits per heavy atom. The molecule has 0 unspecified atom stereocenters. The van der Waals surface area contributed by atoms with E-state index in [-0.39, 0.29) is 0 Å². The molecule has 1 aromatic heterocycles. The second kappa shape index (κ2) is 4.00. The third-order valence-corrected chi connectivity index (χ3v) is 2.15. The first-order valence-corrected chi connectivity index (χ1v) is 4.80. The molecule has 0 saturated heterocycles. The van der Waals surface area contributed by atoms with E-state index in [1.165, 1.54) is 5.56 Å². The van der Waals surface area contributed by atoms with Crippen molar-refractivity contribution in [2.24, 2.45) is 0 Å². The van der Waals surface area contributed by atoms with Crippen molar-refractivity contribution < 1.29 is 0 Å². The number of pyridine rings is 1. The highest BCUT2D eigenvalue weighted by Gasteiger charge is 1.99. The van der Waals surface area contributed by atoms with Crippen LogP contribution in [0.5, 0.6) is 0 Å². The lowest BCUT2D eigenvalue weighted by molar-refractivity contribution is 1.08. The van der Waals surface area contributed by atoms with Gasteiger partial charge in [0.25, 0.3) is 0 Å². The molecule has 15 heavy (non-hydrogen) atoms. The minimum atomic E-state index is 0.473. The first-order valence-electron chi connectivity index (χ1n) is 4.80. The molecule has 0 radical (unpaired) electrons. The van der Waals surface area contributed by atoms with E-state index < -0.39 is 0 Å². The molecule has 2 rings (SSSR count). The van der Waals surface area contributed by atoms with E-state index >= 15 is 0 Å². The zero-order chi connectivity index (χ0) is 10.7. The van der Waals surface area contributed by atoms with Crippen molar-refractivity contribution >= 4 is 11.5 Å². The molecule has 4 N–H and O–H groups in total. The Labute approximate surface area is 88.8 Å². The van der Waals surface area contributed by atoms with Gasteiger partial charge in [0.15, 0.2) is 0 Å². The van der Waals surface area contributed by atoms with E-state index in [2.05, 4.69) is 17.1 Å². The quantitative estimate of drug-likeness (QED) is 0.775. The lowest BCUT2D eigenvalue weighted by Crippen LogP contribution is -1.99. The number of nitrogens with zero attached hydrogens (tertiary/aromatic N) is 1. The van der Waals surface area contributed by atoms with E-state index in [4.69, 9.17) is 11.5 Å². The molecule has 3 nitrogen and oxygen atoms in total. The normalized spacial score (nSPS) is 10.1. The second-order valence-corrected chi connectivity index (χ2v) is 3.48. The molecule has 1 heterocycles. The Hall–Kier alpha value is -2.03. The summed E-state index contributed by atoms with van der Waals surface area (Å²) in [7, 11) is 0. The van der Waals surface area contributed by atoms with Crippen LogP contribution in [0.25, 0.3) is 0 Å². The molecule has 2 aromatic rings. The molecule has 76 valence electrons. The maximum atomic E-state index is 5.69. The number of rotatable bonds is 2. The third-order valence-electron chi connectivity index (χ3n) is 2.15. The van der Waals surface area contributed by atoms with Crippen molar-refractivity contribution in [2.75, 3.05) is 11.5 Å². The standard InChI is InChI=1S/C12H13N3/c13-10-7-11(15-12(14)8-10)6-9-4-2-1-3-5-9/h1-5,7-8H,6H2,(H4,13,14,15). The average molecular weight is 199 g/mol. The van der Waals surface area contributed by atoms with E-state index in [1.54, 1.807) is 6.07 Å². The van der Waals surface area contributed by atoms with Gasteiger partial charge in [-0.15, -0.1) is 0 Å². The van der Waals surface area contributed by atoms with Crippen LogP contribution in [0.3, 0.4) is 0 Å². The Morgan fingerprint density at radius 1 is 1.00 bits per heavy atom. The molecule has 0 aliphatic carbocycles. The van der Waals surface area contributed by atoms with Crippen LogP contribution >= 0.6 is 0 Å². The fourth-order valence-electron chi connectivity index (χ4n) is 1.53. The highest BCUT2D eigenvalue weighted by atomic mass is 14.8. The molecule has 0 spiro atoms. The maximum Gasteiger partial charge on any atom is 0.125 e. The van der Waals surface area contributed by atoms with Crippen LogP contribution < -0.4 is 11.5 Å². The van der Waals surface area contributed by atoms with Crippen molar-refractivity contribution in [3.05, 3.63) is 53.7 Å². The molecule has 3 heteroatoms. The van der Waals surface area contributed by atoms with Gasteiger partial charge in [-0.05, 0) is 11.6 Å². The molecule has 0 bridgehead atoms. The Kier molecular flexibility index (Phi) is 2.54. The van der Waals surface area contributed by atoms with Crippen molar-refractivity contribution in [3.8, 4) is 0 Å². The largest absolute Gasteiger partial charge is 0.399 e. The molecule has 0 amide bonds. The monoisotopic (exact) mass is 199 g/mol. The van der Waals surface area contributed by atoms with Gasteiger partial charge in [-0.25, -0.2) is 4.98 Å². The Morgan fingerprint density at radius 3 is 2.40 bits per heavy atom. The summed E-state index contributed by atoms with van der Waals surface area (Å²) < 4.78 is 0. The van der Waals surface area contributed by atoms with Gasteiger partial charge in [0.05, 0.1) is 0 Å². The van der Waals surface area contributed by atoms with Gasteiger partial charge >= 0.3 is 0 Å². The number of nitrogens with two attached hydrogens (primary N) is 2. The average Bonchev–Trinajstić information content (AvgIpc) is 2.17. The summed E-state index contributed by atoms with van der Waals surface area (Å²) in [4.78, 5) is 4.23. The number of anilines is 2. The zero-order valence-corrected chi connectivity index (χ0v) is 8.35. The second-order valence-electron chi connectivity index (χ2n) is 3.48. The third kappa shape index (κ3) is 2.47. The molecule has 0 aliphatic heterocycles. The summed E-state index contributed by atoms with van der Waals surface area (Å²) in [5.74, 6) is 0.473. The van der Waals surface area contributed by atoms with Crippen molar-refractivity contribution in [2.45, 2.75) is 6.42 Å². The Balaban J connectivity index is 2.25. The summed E-state index contributed by atoms with van der Waals surface area (Å²) in [5.41, 5.74) is 14.1. The van der Waals surface area contributed by atoms with Crippen LogP contribution in [0.15, 0.2) is 42.5 Å². The van der Waals surface area contributed by atoms with Crippen LogP contribution in [0.4, 0.5) is 11.5 Å². The summed E-state index contributed by atoms with van der Waals surface area (Å²) in [6, 6.07) is 13.6. The number of hydrogen-bond acceptors (Lipinski definition) is 3. The highest BCUT2D eigenvalue weighted by molar-refractivity contribution is 5.48. The van der Waals surface area contributed by atoms with E-state index in [9.17, 15) is 0 Å². The van der Waals surface area contributed by atoms with Gasteiger partial charge in [-0.1, -0.05) is 30.3 Å². The summed E-state index contributed by atoms with van der Waals surface area (Å²) in [6.45, 7) is 0. The van der Waals surface area contributed by atoms with Crippen LogP contribution in [-0.2, 0) is 6.42 Å². The van der Waals surface area contributed by atoms with E-state index in [0.29, 0.717) is 11.5 Å². The van der Waals surface area contributed by atoms with E-state index in [0.717, 1.165) is 12.1 Å². The van der Waals surface area contributed by atoms with Gasteiger partial charge in [0, 0.05) is 23.9 Å². The lowest BCUT2D eigenvalue weighted by Gasteiger charge is -2.03. The van der Waals surface area contributed by atoms with Gasteiger partial charge in [-0.2, -0.15) is 0 Å². The van der Waals surface area contributed by atoms with Crippen molar-refractivity contribution in [3.63, 3.8) is 0 Å². The lowest BCUT2D eigenvalue weighted by atomic mass is 10.1. The van der Waals surface area contributed by atoms with Crippen molar-refractivity contribution in [1.29, 1.82) is 0 Å². The topological polar surface area (TPSA) is 64.9 Å². The number of hydrogen-bond donors (Lipinski definition) is 2. The summed E-state index contributed by atoms with van der Waals surface area (Å²) in [6.07, 6.45) is 0.760. The first-order chi connectivity index (χ1) is 7.24. The number of aromatic nitrogens is 1. The predicted molar refractivity (Wildman–Crippen MR) is 62.3 cm³/mol. The summed E-state index contributed by atoms with van der Waals surface area (Å²) >= 11 is 0. The van der Waals surface area contributed by atoms with Gasteiger partial charge in [0.2, 0.25) is 0 Å². The van der Waals surface area contributed by atoms with E-state index in [1.807, 2.05) is 24.3 Å². The van der Waals surface area contributed by atoms with Crippen LogP contribution in [0, 0.1) is 0 Å². The minimum Gasteiger partial charge on any atom is -0.399 e. The Bertz CT molecular complexity index is 431. The highest BCUT2D eigenvalue weighted by Crippen LogP contribution is 2.13. The number of nitrogen functional groups attached to an aromatic ring is 2. The molecule has 0 aliphatic rings. The molecule has 0 saturated carbocycles. The van der Waals surface area contributed by atoms with Crippen molar-refractivity contribution in [1.82, 2.24) is 4.98 Å². The van der Waals surface area contributed by atoms with Crippen LogP contribution in [0.1, 0.15) is 11.3 Å². The minimum absolute atomic E-state index is 0.473. The SMILES string of the molecule is Nc1cc(N)nc(Cc2ccccc2)c1. The fraction of sp³-hybridized carbons (Fsp3) is 0.0833. The number of benzene rings is 1. The molecule has 0 atom stereocenters. The zero-order valence-electron chi connectivity index (χ0n) is 8.35. The maximum absolute atomic E-state index is 5.69. The predicted octanol–water partition coefficient (Wildman–Crippen LogP) is 1.84. The van der Waals surface area contributed by atoms with Crippen LogP contribution in [0.2, 0.25) is 0 Å². The van der Waals surface area contributed by atoms with Gasteiger partial charge in [-0.3, -0.25) is 0 Å². The molecule has 0 fully saturated rings. The van der Waals surface area contributed by atoms with Crippen LogP contribution in [-0.4, -0.2) is 4.98 Å². The summed E-state index contributed by atoms with van der Waals surface area (Å²) in [5, 5.41) is 0. The smallest absolute Gasteiger partial charge is 0.125 e. The molecule has 1 aromatic carbocycles. The van der Waals surface area contributed by atoms with Gasteiger partial charge < -0.3 is 11.5 Å². The molecular weight excluding hydrogens is 186 g/mol. The van der Waals surface area contributed by atoms with Gasteiger partial charge in [0.1, 0.15) is 5.82 Å².